The molecule has 0 atom stereocenters. The third kappa shape index (κ3) is 3.98. The number of hydrogen-bond acceptors (Lipinski definition) is 5. The Kier molecular flexibility index (Phi) is 4.39. The summed E-state index contributed by atoms with van der Waals surface area (Å²) in [6, 6.07) is 0. The van der Waals surface area contributed by atoms with Crippen LogP contribution >= 0.6 is 11.8 Å². The van der Waals surface area contributed by atoms with Crippen LogP contribution in [-0.2, 0) is 9.53 Å². The topological polar surface area (TPSA) is 52.3 Å². The standard InChI is InChI=1S/C8H11NO3S/c1-2-11-7(10)3-6-13-8-9-4-5-12-8/h4-5H,2-3,6H2,1H3. The molecule has 1 aromatic heterocycles. The van der Waals surface area contributed by atoms with Gasteiger partial charge in [-0.3, -0.25) is 4.79 Å². The van der Waals surface area contributed by atoms with Gasteiger partial charge in [-0.25, -0.2) is 4.98 Å². The molecule has 0 fully saturated rings. The van der Waals surface area contributed by atoms with Crippen LogP contribution in [-0.4, -0.2) is 23.3 Å². The highest BCUT2D eigenvalue weighted by molar-refractivity contribution is 7.99. The van der Waals surface area contributed by atoms with E-state index in [1.54, 1.807) is 13.1 Å². The van der Waals surface area contributed by atoms with Crippen molar-refractivity contribution in [1.29, 1.82) is 0 Å². The molecule has 0 aliphatic carbocycles. The van der Waals surface area contributed by atoms with Gasteiger partial charge >= 0.3 is 5.97 Å². The molecule has 1 rings (SSSR count). The number of esters is 1. The molecule has 0 aromatic carbocycles. The van der Waals surface area contributed by atoms with Crippen LogP contribution < -0.4 is 0 Å². The number of carbonyl (C=O) groups excluding carboxylic acids is 1. The quantitative estimate of drug-likeness (QED) is 0.536. The Balaban J connectivity index is 2.11. The second kappa shape index (κ2) is 5.64. The van der Waals surface area contributed by atoms with E-state index in [0.29, 0.717) is 24.0 Å². The fourth-order valence-corrected chi connectivity index (χ4v) is 1.44. The summed E-state index contributed by atoms with van der Waals surface area (Å²) in [6.45, 7) is 2.22. The second-order valence-corrected chi connectivity index (χ2v) is 3.25. The maximum Gasteiger partial charge on any atom is 0.306 e. The lowest BCUT2D eigenvalue weighted by Gasteiger charge is -1.98. The first-order chi connectivity index (χ1) is 6.33. The zero-order valence-corrected chi connectivity index (χ0v) is 8.17. The molecule has 0 bridgehead atoms. The van der Waals surface area contributed by atoms with Gasteiger partial charge in [0.15, 0.2) is 0 Å². The first-order valence-electron chi connectivity index (χ1n) is 4.01. The molecular formula is C8H11NO3S. The molecule has 1 heterocycles. The molecule has 0 amide bonds. The molecule has 0 N–H and O–H groups in total. The maximum absolute atomic E-state index is 10.9. The van der Waals surface area contributed by atoms with Gasteiger partial charge in [-0.15, -0.1) is 0 Å². The van der Waals surface area contributed by atoms with Crippen molar-refractivity contribution in [2.45, 2.75) is 18.6 Å². The van der Waals surface area contributed by atoms with Gasteiger partial charge in [0.2, 0.25) is 0 Å². The molecule has 1 aromatic rings. The molecule has 13 heavy (non-hydrogen) atoms. The first-order valence-corrected chi connectivity index (χ1v) is 4.99. The largest absolute Gasteiger partial charge is 0.466 e. The number of aromatic nitrogens is 1. The third-order valence-electron chi connectivity index (χ3n) is 1.25. The number of ether oxygens (including phenoxy) is 1. The fraction of sp³-hybridized carbons (Fsp3) is 0.500. The van der Waals surface area contributed by atoms with Crippen molar-refractivity contribution >= 4 is 17.7 Å². The van der Waals surface area contributed by atoms with Crippen LogP contribution in [0.3, 0.4) is 0 Å². The number of rotatable bonds is 5. The molecule has 5 heteroatoms. The number of carbonyl (C=O) groups is 1. The molecule has 0 spiro atoms. The Hall–Kier alpha value is -0.970. The zero-order chi connectivity index (χ0) is 9.52. The summed E-state index contributed by atoms with van der Waals surface area (Å²) in [7, 11) is 0. The van der Waals surface area contributed by atoms with Gasteiger partial charge in [0.1, 0.15) is 6.26 Å². The van der Waals surface area contributed by atoms with E-state index in [-0.39, 0.29) is 5.97 Å². The molecular weight excluding hydrogens is 190 g/mol. The predicted molar refractivity (Wildman–Crippen MR) is 48.5 cm³/mol. The lowest BCUT2D eigenvalue weighted by atomic mass is 10.5. The van der Waals surface area contributed by atoms with Crippen molar-refractivity contribution in [2.75, 3.05) is 12.4 Å². The maximum atomic E-state index is 10.9. The monoisotopic (exact) mass is 201 g/mol. The van der Waals surface area contributed by atoms with E-state index in [1.165, 1.54) is 18.0 Å². The van der Waals surface area contributed by atoms with Gasteiger partial charge < -0.3 is 9.15 Å². The van der Waals surface area contributed by atoms with E-state index < -0.39 is 0 Å². The SMILES string of the molecule is CCOC(=O)CCSc1ncco1. The Morgan fingerprint density at radius 3 is 3.23 bits per heavy atom. The van der Waals surface area contributed by atoms with Crippen molar-refractivity contribution in [1.82, 2.24) is 4.98 Å². The van der Waals surface area contributed by atoms with Crippen LogP contribution in [0.4, 0.5) is 0 Å². The molecule has 0 saturated heterocycles. The number of thioether (sulfide) groups is 1. The normalized spacial score (nSPS) is 9.92. The van der Waals surface area contributed by atoms with Gasteiger partial charge in [-0.2, -0.15) is 0 Å². The Morgan fingerprint density at radius 1 is 1.77 bits per heavy atom. The first kappa shape index (κ1) is 10.1. The number of nitrogens with zero attached hydrogens (tertiary/aromatic N) is 1. The van der Waals surface area contributed by atoms with Crippen molar-refractivity contribution in [3.05, 3.63) is 12.5 Å². The highest BCUT2D eigenvalue weighted by Crippen LogP contribution is 2.15. The molecule has 0 aliphatic heterocycles. The number of oxazole rings is 1. The smallest absolute Gasteiger partial charge is 0.306 e. The lowest BCUT2D eigenvalue weighted by molar-refractivity contribution is -0.142. The molecule has 4 nitrogen and oxygen atoms in total. The van der Waals surface area contributed by atoms with E-state index in [4.69, 9.17) is 9.15 Å². The van der Waals surface area contributed by atoms with Gasteiger partial charge in [0, 0.05) is 5.75 Å². The fourth-order valence-electron chi connectivity index (χ4n) is 0.736. The lowest BCUT2D eigenvalue weighted by Crippen LogP contribution is -2.04. The van der Waals surface area contributed by atoms with Crippen LogP contribution in [0.1, 0.15) is 13.3 Å². The van der Waals surface area contributed by atoms with Gasteiger partial charge in [-0.05, 0) is 6.92 Å². The minimum Gasteiger partial charge on any atom is -0.466 e. The Morgan fingerprint density at radius 2 is 2.62 bits per heavy atom. The summed E-state index contributed by atoms with van der Waals surface area (Å²) in [5, 5.41) is 0.587. The van der Waals surface area contributed by atoms with Gasteiger partial charge in [0.25, 0.3) is 5.22 Å². The summed E-state index contributed by atoms with van der Waals surface area (Å²) in [6.07, 6.45) is 3.47. The van der Waals surface area contributed by atoms with Crippen LogP contribution in [0.5, 0.6) is 0 Å². The summed E-state index contributed by atoms with van der Waals surface area (Å²) < 4.78 is 9.73. The minimum absolute atomic E-state index is 0.179. The molecule has 72 valence electrons. The van der Waals surface area contributed by atoms with Crippen molar-refractivity contribution in [3.63, 3.8) is 0 Å². The minimum atomic E-state index is -0.179. The summed E-state index contributed by atoms with van der Waals surface area (Å²) >= 11 is 1.40. The average Bonchev–Trinajstić information content (AvgIpc) is 2.57. The summed E-state index contributed by atoms with van der Waals surface area (Å²) in [4.78, 5) is 14.8. The van der Waals surface area contributed by atoms with Crippen LogP contribution in [0.2, 0.25) is 0 Å². The third-order valence-corrected chi connectivity index (χ3v) is 2.10. The second-order valence-electron chi connectivity index (χ2n) is 2.20. The number of hydrogen-bond donors (Lipinski definition) is 0. The van der Waals surface area contributed by atoms with E-state index in [2.05, 4.69) is 4.98 Å². The molecule has 0 radical (unpaired) electrons. The average molecular weight is 201 g/mol. The van der Waals surface area contributed by atoms with Crippen molar-refractivity contribution < 1.29 is 13.9 Å². The highest BCUT2D eigenvalue weighted by Gasteiger charge is 2.03. The van der Waals surface area contributed by atoms with Crippen LogP contribution in [0.15, 0.2) is 22.1 Å². The zero-order valence-electron chi connectivity index (χ0n) is 7.36. The predicted octanol–water partition coefficient (Wildman–Crippen LogP) is 1.72. The van der Waals surface area contributed by atoms with Crippen molar-refractivity contribution in [3.8, 4) is 0 Å². The Labute approximate surface area is 80.7 Å². The van der Waals surface area contributed by atoms with E-state index >= 15 is 0 Å². The van der Waals surface area contributed by atoms with Gasteiger partial charge in [-0.1, -0.05) is 11.8 Å². The van der Waals surface area contributed by atoms with E-state index in [1.807, 2.05) is 0 Å². The van der Waals surface area contributed by atoms with Crippen LogP contribution in [0.25, 0.3) is 0 Å². The molecule has 0 saturated carbocycles. The van der Waals surface area contributed by atoms with Gasteiger partial charge in [0.05, 0.1) is 19.2 Å². The van der Waals surface area contributed by atoms with E-state index in [9.17, 15) is 4.79 Å². The molecule has 0 unspecified atom stereocenters. The highest BCUT2D eigenvalue weighted by atomic mass is 32.2. The summed E-state index contributed by atoms with van der Waals surface area (Å²) in [5.74, 6) is 0.459. The summed E-state index contributed by atoms with van der Waals surface area (Å²) in [5.41, 5.74) is 0. The van der Waals surface area contributed by atoms with E-state index in [0.717, 1.165) is 0 Å². The van der Waals surface area contributed by atoms with Crippen LogP contribution in [0, 0.1) is 0 Å². The Bertz CT molecular complexity index is 248. The van der Waals surface area contributed by atoms with Crippen molar-refractivity contribution in [2.24, 2.45) is 0 Å². The molecule has 0 aliphatic rings.